The van der Waals surface area contributed by atoms with Crippen LogP contribution in [0.3, 0.4) is 0 Å². The number of fused-ring (bicyclic) bond motifs is 3. The summed E-state index contributed by atoms with van der Waals surface area (Å²) in [5.74, 6) is 1.65. The SMILES string of the molecule is COc1ccc(CN2C3CC2CN(c2ccc(-c4cc(C5=CCNC(C)(C)C5)cn5ncc(C#N)c45)cn2)C3)cn1. The molecule has 9 nitrogen and oxygen atoms in total. The third-order valence-electron chi connectivity index (χ3n) is 8.76. The lowest BCUT2D eigenvalue weighted by atomic mass is 9.86. The molecule has 8 heterocycles. The lowest BCUT2D eigenvalue weighted by Gasteiger charge is -2.56. The van der Waals surface area contributed by atoms with Crippen LogP contribution in [-0.4, -0.2) is 68.8 Å². The molecule has 0 aromatic carbocycles. The fraction of sp³-hybridized carbons (Fsp3) is 0.375. The van der Waals surface area contributed by atoms with Gasteiger partial charge in [0.25, 0.3) is 0 Å². The molecule has 2 atom stereocenters. The third-order valence-corrected chi connectivity index (χ3v) is 8.76. The summed E-state index contributed by atoms with van der Waals surface area (Å²) in [7, 11) is 1.64. The zero-order chi connectivity index (χ0) is 28.1. The number of methoxy groups -OCH3 is 1. The Morgan fingerprint density at radius 1 is 1.07 bits per heavy atom. The summed E-state index contributed by atoms with van der Waals surface area (Å²) in [6.45, 7) is 8.13. The van der Waals surface area contributed by atoms with Crippen molar-refractivity contribution in [2.45, 2.75) is 50.9 Å². The van der Waals surface area contributed by atoms with Gasteiger partial charge in [0.1, 0.15) is 11.9 Å². The first-order valence-electron chi connectivity index (χ1n) is 14.2. The number of hydrogen-bond donors (Lipinski definition) is 1. The molecule has 3 saturated heterocycles. The molecule has 0 saturated carbocycles. The van der Waals surface area contributed by atoms with Gasteiger partial charge in [-0.25, -0.2) is 14.5 Å². The second kappa shape index (κ2) is 9.98. The minimum atomic E-state index is 0.0284. The number of piperidine rings is 1. The summed E-state index contributed by atoms with van der Waals surface area (Å²) in [6.07, 6.45) is 12.0. The Hall–Kier alpha value is -4.26. The average molecular weight is 547 g/mol. The minimum absolute atomic E-state index is 0.0284. The van der Waals surface area contributed by atoms with Gasteiger partial charge in [-0.1, -0.05) is 12.1 Å². The normalized spacial score (nSPS) is 21.7. The Labute approximate surface area is 240 Å². The van der Waals surface area contributed by atoms with E-state index in [1.807, 2.05) is 29.2 Å². The second-order valence-electron chi connectivity index (χ2n) is 12.0. The molecule has 3 fully saturated rings. The highest BCUT2D eigenvalue weighted by Crippen LogP contribution is 2.37. The Morgan fingerprint density at radius 2 is 1.93 bits per heavy atom. The van der Waals surface area contributed by atoms with E-state index in [1.165, 1.54) is 17.6 Å². The Bertz CT molecular complexity index is 1650. The van der Waals surface area contributed by atoms with Crippen molar-refractivity contribution in [3.8, 4) is 23.1 Å². The number of piperazine rings is 1. The van der Waals surface area contributed by atoms with Crippen molar-refractivity contribution in [1.82, 2.24) is 29.8 Å². The van der Waals surface area contributed by atoms with Crippen molar-refractivity contribution in [3.63, 3.8) is 0 Å². The van der Waals surface area contributed by atoms with Crippen LogP contribution in [0.2, 0.25) is 0 Å². The van der Waals surface area contributed by atoms with E-state index in [0.717, 1.165) is 60.6 Å². The molecule has 0 aliphatic carbocycles. The van der Waals surface area contributed by atoms with Crippen molar-refractivity contribution in [2.24, 2.45) is 0 Å². The van der Waals surface area contributed by atoms with Crippen molar-refractivity contribution in [1.29, 1.82) is 5.26 Å². The number of anilines is 1. The number of ether oxygens (including phenoxy) is 1. The molecular formula is C32H34N8O. The van der Waals surface area contributed by atoms with Gasteiger partial charge >= 0.3 is 0 Å². The topological polar surface area (TPSA) is 94.6 Å². The number of rotatable bonds is 6. The molecule has 208 valence electrons. The maximum absolute atomic E-state index is 9.81. The first kappa shape index (κ1) is 25.7. The number of pyridine rings is 3. The number of hydrogen-bond acceptors (Lipinski definition) is 8. The number of nitrogens with zero attached hydrogens (tertiary/aromatic N) is 7. The van der Waals surface area contributed by atoms with Crippen LogP contribution >= 0.6 is 0 Å². The van der Waals surface area contributed by atoms with Gasteiger partial charge in [-0.3, -0.25) is 4.90 Å². The van der Waals surface area contributed by atoms with E-state index in [2.05, 4.69) is 75.5 Å². The monoisotopic (exact) mass is 546 g/mol. The maximum atomic E-state index is 9.81. The van der Waals surface area contributed by atoms with Crippen molar-refractivity contribution >= 4 is 16.9 Å². The molecule has 0 radical (unpaired) electrons. The van der Waals surface area contributed by atoms with E-state index in [1.54, 1.807) is 13.3 Å². The van der Waals surface area contributed by atoms with Gasteiger partial charge in [0.15, 0.2) is 0 Å². The molecule has 4 aliphatic rings. The van der Waals surface area contributed by atoms with Gasteiger partial charge in [0, 0.05) is 79.6 Å². The van der Waals surface area contributed by atoms with Crippen LogP contribution < -0.4 is 15.0 Å². The molecule has 9 heteroatoms. The second-order valence-corrected chi connectivity index (χ2v) is 12.0. The smallest absolute Gasteiger partial charge is 0.212 e. The highest BCUT2D eigenvalue weighted by atomic mass is 16.5. The predicted octanol–water partition coefficient (Wildman–Crippen LogP) is 4.29. The van der Waals surface area contributed by atoms with Crippen LogP contribution in [0.4, 0.5) is 5.82 Å². The van der Waals surface area contributed by atoms with Crippen molar-refractivity contribution in [2.75, 3.05) is 31.6 Å². The van der Waals surface area contributed by atoms with Crippen molar-refractivity contribution < 1.29 is 4.74 Å². The van der Waals surface area contributed by atoms with Gasteiger partial charge in [0.05, 0.1) is 24.4 Å². The minimum Gasteiger partial charge on any atom is -0.481 e. The number of nitrogens with one attached hydrogen (secondary N) is 1. The molecule has 4 aliphatic heterocycles. The van der Waals surface area contributed by atoms with Crippen LogP contribution in [0.1, 0.15) is 43.4 Å². The first-order valence-corrected chi connectivity index (χ1v) is 14.2. The van der Waals surface area contributed by atoms with E-state index >= 15 is 0 Å². The quantitative estimate of drug-likeness (QED) is 0.383. The standard InChI is InChI=1S/C32H34N8O/c1-32(2)12-22(8-9-36-32)24-10-28(31-25(13-33)16-37-40(31)18-24)23-5-6-29(34-15-23)38-19-26-11-27(20-38)39(26)17-21-4-7-30(41-3)35-14-21/h4-8,10,14-16,18,26-27,36H,9,11-12,17,19-20H2,1-3H3. The van der Waals surface area contributed by atoms with E-state index in [0.29, 0.717) is 23.5 Å². The zero-order valence-electron chi connectivity index (χ0n) is 23.7. The Balaban J connectivity index is 1.12. The molecule has 2 unspecified atom stereocenters. The van der Waals surface area contributed by atoms with E-state index in [9.17, 15) is 5.26 Å². The highest BCUT2D eigenvalue weighted by Gasteiger charge is 2.44. The van der Waals surface area contributed by atoms with Gasteiger partial charge in [-0.05, 0) is 61.6 Å². The molecule has 1 N–H and O–H groups in total. The van der Waals surface area contributed by atoms with E-state index in [4.69, 9.17) is 9.72 Å². The predicted molar refractivity (Wildman–Crippen MR) is 159 cm³/mol. The van der Waals surface area contributed by atoms with E-state index < -0.39 is 0 Å². The van der Waals surface area contributed by atoms with Crippen LogP contribution in [0.15, 0.2) is 61.2 Å². The van der Waals surface area contributed by atoms with Gasteiger partial charge in [-0.2, -0.15) is 10.4 Å². The molecule has 8 rings (SSSR count). The number of aromatic nitrogens is 4. The summed E-state index contributed by atoms with van der Waals surface area (Å²) >= 11 is 0. The molecule has 4 aromatic rings. The summed E-state index contributed by atoms with van der Waals surface area (Å²) in [6, 6.07) is 13.8. The third kappa shape index (κ3) is 4.73. The maximum Gasteiger partial charge on any atom is 0.212 e. The summed E-state index contributed by atoms with van der Waals surface area (Å²) in [5.41, 5.74) is 7.02. The largest absolute Gasteiger partial charge is 0.481 e. The van der Waals surface area contributed by atoms with Gasteiger partial charge in [0.2, 0.25) is 5.88 Å². The molecule has 2 bridgehead atoms. The average Bonchev–Trinajstić information content (AvgIpc) is 3.42. The molecule has 4 aromatic heterocycles. The van der Waals surface area contributed by atoms with Crippen molar-refractivity contribution in [3.05, 3.63) is 77.9 Å². The van der Waals surface area contributed by atoms with Crippen LogP contribution in [0.25, 0.3) is 22.2 Å². The Morgan fingerprint density at radius 3 is 2.61 bits per heavy atom. The summed E-state index contributed by atoms with van der Waals surface area (Å²) in [4.78, 5) is 14.3. The van der Waals surface area contributed by atoms with Gasteiger partial charge in [-0.15, -0.1) is 0 Å². The summed E-state index contributed by atoms with van der Waals surface area (Å²) < 4.78 is 7.04. The fourth-order valence-corrected chi connectivity index (χ4v) is 6.58. The molecular weight excluding hydrogens is 512 g/mol. The van der Waals surface area contributed by atoms with Crippen LogP contribution in [0.5, 0.6) is 5.88 Å². The molecule has 41 heavy (non-hydrogen) atoms. The van der Waals surface area contributed by atoms with Crippen LogP contribution in [0, 0.1) is 11.3 Å². The van der Waals surface area contributed by atoms with E-state index in [-0.39, 0.29) is 5.54 Å². The number of nitriles is 1. The van der Waals surface area contributed by atoms with Gasteiger partial charge < -0.3 is 15.0 Å². The Kier molecular flexibility index (Phi) is 6.25. The van der Waals surface area contributed by atoms with Crippen LogP contribution in [-0.2, 0) is 6.54 Å². The summed E-state index contributed by atoms with van der Waals surface area (Å²) in [5, 5.41) is 17.9. The molecule has 0 amide bonds. The zero-order valence-corrected chi connectivity index (χ0v) is 23.7. The lowest BCUT2D eigenvalue weighted by molar-refractivity contribution is -0.00876. The lowest BCUT2D eigenvalue weighted by Crippen LogP contribution is -2.68. The fourth-order valence-electron chi connectivity index (χ4n) is 6.58. The highest BCUT2D eigenvalue weighted by molar-refractivity contribution is 5.87. The molecule has 0 spiro atoms. The first-order chi connectivity index (χ1) is 19.9.